The van der Waals surface area contributed by atoms with Crippen LogP contribution in [0.2, 0.25) is 0 Å². The van der Waals surface area contributed by atoms with Gasteiger partial charge in [0.2, 0.25) is 0 Å². The first-order valence-corrected chi connectivity index (χ1v) is 8.48. The smallest absolute Gasteiger partial charge is 0.177 e. The molecule has 3 heterocycles. The third kappa shape index (κ3) is 2.78. The molecule has 0 bridgehead atoms. The standard InChI is InChI=1S/C17H13F2N5S/c1-9(2)16-22-21-15-6-5-13(23-24(15)16)14-8-20-17(25-14)11-4-3-10(18)7-12(11)19/h3-9H,1-2H3. The van der Waals surface area contributed by atoms with Gasteiger partial charge in [0, 0.05) is 23.7 Å². The summed E-state index contributed by atoms with van der Waals surface area (Å²) in [5, 5.41) is 13.3. The molecule has 0 fully saturated rings. The monoisotopic (exact) mass is 357 g/mol. The van der Waals surface area contributed by atoms with Gasteiger partial charge in [-0.2, -0.15) is 9.61 Å². The number of benzene rings is 1. The first kappa shape index (κ1) is 15.8. The molecular weight excluding hydrogens is 344 g/mol. The van der Waals surface area contributed by atoms with Gasteiger partial charge in [-0.3, -0.25) is 0 Å². The molecule has 0 saturated heterocycles. The topological polar surface area (TPSA) is 56.0 Å². The van der Waals surface area contributed by atoms with E-state index < -0.39 is 11.6 Å². The molecule has 8 heteroatoms. The fourth-order valence-electron chi connectivity index (χ4n) is 2.48. The quantitative estimate of drug-likeness (QED) is 0.548. The van der Waals surface area contributed by atoms with Gasteiger partial charge in [0.25, 0.3) is 0 Å². The zero-order chi connectivity index (χ0) is 17.6. The van der Waals surface area contributed by atoms with Crippen molar-refractivity contribution in [2.45, 2.75) is 19.8 Å². The number of fused-ring (bicyclic) bond motifs is 1. The molecule has 4 aromatic rings. The van der Waals surface area contributed by atoms with E-state index in [9.17, 15) is 8.78 Å². The largest absolute Gasteiger partial charge is 0.244 e. The van der Waals surface area contributed by atoms with Crippen LogP contribution in [0.1, 0.15) is 25.6 Å². The Labute approximate surface area is 146 Å². The van der Waals surface area contributed by atoms with E-state index in [0.717, 1.165) is 16.8 Å². The van der Waals surface area contributed by atoms with Crippen molar-refractivity contribution in [2.24, 2.45) is 0 Å². The van der Waals surface area contributed by atoms with Gasteiger partial charge >= 0.3 is 0 Å². The fourth-order valence-corrected chi connectivity index (χ4v) is 3.38. The highest BCUT2D eigenvalue weighted by Gasteiger charge is 2.15. The fraction of sp³-hybridized carbons (Fsp3) is 0.176. The molecule has 0 spiro atoms. The van der Waals surface area contributed by atoms with Crippen LogP contribution in [-0.2, 0) is 0 Å². The van der Waals surface area contributed by atoms with Crippen LogP contribution < -0.4 is 0 Å². The van der Waals surface area contributed by atoms with Crippen molar-refractivity contribution >= 4 is 17.0 Å². The average molecular weight is 357 g/mol. The van der Waals surface area contributed by atoms with Crippen molar-refractivity contribution in [3.63, 3.8) is 0 Å². The van der Waals surface area contributed by atoms with Crippen molar-refractivity contribution in [3.8, 4) is 21.1 Å². The number of rotatable bonds is 3. The van der Waals surface area contributed by atoms with E-state index in [1.165, 1.54) is 23.5 Å². The molecule has 0 amide bonds. The third-order valence-corrected chi connectivity index (χ3v) is 4.78. The molecule has 0 saturated carbocycles. The summed E-state index contributed by atoms with van der Waals surface area (Å²) in [5.41, 5.74) is 1.63. The minimum Gasteiger partial charge on any atom is -0.244 e. The number of hydrogen-bond donors (Lipinski definition) is 0. The van der Waals surface area contributed by atoms with Crippen LogP contribution in [0.3, 0.4) is 0 Å². The van der Waals surface area contributed by atoms with Crippen LogP contribution in [0, 0.1) is 11.6 Å². The Bertz CT molecular complexity index is 1070. The number of aromatic nitrogens is 5. The molecule has 1 aromatic carbocycles. The van der Waals surface area contributed by atoms with Gasteiger partial charge in [-0.15, -0.1) is 21.5 Å². The summed E-state index contributed by atoms with van der Waals surface area (Å²) in [6, 6.07) is 7.12. The van der Waals surface area contributed by atoms with E-state index in [1.807, 2.05) is 26.0 Å². The highest BCUT2D eigenvalue weighted by Crippen LogP contribution is 2.32. The maximum atomic E-state index is 13.9. The van der Waals surface area contributed by atoms with Gasteiger partial charge in [-0.1, -0.05) is 13.8 Å². The summed E-state index contributed by atoms with van der Waals surface area (Å²) in [6.45, 7) is 4.04. The first-order valence-electron chi connectivity index (χ1n) is 7.67. The van der Waals surface area contributed by atoms with Crippen LogP contribution in [0.5, 0.6) is 0 Å². The van der Waals surface area contributed by atoms with E-state index in [-0.39, 0.29) is 11.5 Å². The van der Waals surface area contributed by atoms with Gasteiger partial charge in [0.05, 0.1) is 4.88 Å². The van der Waals surface area contributed by atoms with E-state index in [1.54, 1.807) is 10.7 Å². The molecule has 3 aromatic heterocycles. The summed E-state index contributed by atoms with van der Waals surface area (Å²) in [5.74, 6) is -0.293. The SMILES string of the molecule is CC(C)c1nnc2ccc(-c3cnc(-c4ccc(F)cc4F)s3)nn12. The van der Waals surface area contributed by atoms with E-state index >= 15 is 0 Å². The minimum atomic E-state index is -0.634. The second-order valence-electron chi connectivity index (χ2n) is 5.86. The Morgan fingerprint density at radius 3 is 2.68 bits per heavy atom. The zero-order valence-corrected chi connectivity index (χ0v) is 14.3. The molecule has 0 unspecified atom stereocenters. The van der Waals surface area contributed by atoms with Gasteiger partial charge in [-0.05, 0) is 24.3 Å². The lowest BCUT2D eigenvalue weighted by Crippen LogP contribution is -2.01. The predicted molar refractivity (Wildman–Crippen MR) is 91.3 cm³/mol. The Balaban J connectivity index is 1.77. The van der Waals surface area contributed by atoms with Crippen molar-refractivity contribution in [2.75, 3.05) is 0 Å². The maximum Gasteiger partial charge on any atom is 0.177 e. The van der Waals surface area contributed by atoms with Gasteiger partial charge < -0.3 is 0 Å². The molecule has 0 N–H and O–H groups in total. The van der Waals surface area contributed by atoms with Gasteiger partial charge in [0.1, 0.15) is 22.3 Å². The lowest BCUT2D eigenvalue weighted by atomic mass is 10.2. The van der Waals surface area contributed by atoms with Crippen molar-refractivity contribution in [3.05, 3.63) is 54.0 Å². The highest BCUT2D eigenvalue weighted by molar-refractivity contribution is 7.18. The van der Waals surface area contributed by atoms with Gasteiger partial charge in [-0.25, -0.2) is 13.8 Å². The number of thiazole rings is 1. The van der Waals surface area contributed by atoms with E-state index in [4.69, 9.17) is 0 Å². The molecule has 0 aliphatic rings. The molecule has 126 valence electrons. The normalized spacial score (nSPS) is 11.6. The Morgan fingerprint density at radius 2 is 1.92 bits per heavy atom. The van der Waals surface area contributed by atoms with Gasteiger partial charge in [0.15, 0.2) is 11.5 Å². The van der Waals surface area contributed by atoms with Crippen LogP contribution in [-0.4, -0.2) is 24.8 Å². The zero-order valence-electron chi connectivity index (χ0n) is 13.4. The molecule has 0 aliphatic heterocycles. The van der Waals surface area contributed by atoms with Crippen LogP contribution in [0.15, 0.2) is 36.5 Å². The number of nitrogens with zero attached hydrogens (tertiary/aromatic N) is 5. The van der Waals surface area contributed by atoms with Crippen LogP contribution in [0.4, 0.5) is 8.78 Å². The molecule has 5 nitrogen and oxygen atoms in total. The summed E-state index contributed by atoms with van der Waals surface area (Å²) in [7, 11) is 0. The number of halogens is 2. The second kappa shape index (κ2) is 5.96. The van der Waals surface area contributed by atoms with E-state index in [2.05, 4.69) is 20.3 Å². The average Bonchev–Trinajstić information content (AvgIpc) is 3.21. The molecule has 25 heavy (non-hydrogen) atoms. The minimum absolute atomic E-state index is 0.183. The van der Waals surface area contributed by atoms with Crippen LogP contribution in [0.25, 0.3) is 26.8 Å². The maximum absolute atomic E-state index is 13.9. The third-order valence-electron chi connectivity index (χ3n) is 3.72. The van der Waals surface area contributed by atoms with Crippen molar-refractivity contribution in [1.82, 2.24) is 24.8 Å². The Hall–Kier alpha value is -2.74. The lowest BCUT2D eigenvalue weighted by molar-refractivity contribution is 0.585. The molecule has 4 rings (SSSR count). The Kier molecular flexibility index (Phi) is 3.76. The van der Waals surface area contributed by atoms with Crippen molar-refractivity contribution < 1.29 is 8.78 Å². The lowest BCUT2D eigenvalue weighted by Gasteiger charge is -2.03. The van der Waals surface area contributed by atoms with Crippen LogP contribution >= 0.6 is 11.3 Å². The summed E-state index contributed by atoms with van der Waals surface area (Å²) in [4.78, 5) is 5.04. The number of hydrogen-bond acceptors (Lipinski definition) is 5. The summed E-state index contributed by atoms with van der Waals surface area (Å²) < 4.78 is 28.7. The second-order valence-corrected chi connectivity index (χ2v) is 6.89. The summed E-state index contributed by atoms with van der Waals surface area (Å²) >= 11 is 1.29. The summed E-state index contributed by atoms with van der Waals surface area (Å²) in [6.07, 6.45) is 1.64. The predicted octanol–water partition coefficient (Wildman–Crippen LogP) is 4.32. The molecule has 0 aliphatic carbocycles. The molecule has 0 radical (unpaired) electrons. The highest BCUT2D eigenvalue weighted by atomic mass is 32.1. The molecular formula is C17H13F2N5S. The Morgan fingerprint density at radius 1 is 1.08 bits per heavy atom. The first-order chi connectivity index (χ1) is 12.0. The molecule has 0 atom stereocenters. The van der Waals surface area contributed by atoms with Crippen molar-refractivity contribution in [1.29, 1.82) is 0 Å². The van der Waals surface area contributed by atoms with E-state index in [0.29, 0.717) is 16.3 Å².